The highest BCUT2D eigenvalue weighted by Crippen LogP contribution is 2.26. The molecule has 1 N–H and O–H groups in total. The molecule has 0 amide bonds. The van der Waals surface area contributed by atoms with Crippen LogP contribution in [0.15, 0.2) is 83.8 Å². The van der Waals surface area contributed by atoms with Crippen LogP contribution in [0.4, 0.5) is 5.69 Å². The largest absolute Gasteiger partial charge is 0.269 e. The zero-order valence-corrected chi connectivity index (χ0v) is 15.4. The van der Waals surface area contributed by atoms with Crippen LogP contribution in [0.5, 0.6) is 0 Å². The van der Waals surface area contributed by atoms with E-state index in [0.29, 0.717) is 5.56 Å². The number of nitro groups is 1. The number of benzene rings is 3. The molecule has 0 fully saturated rings. The highest BCUT2D eigenvalue weighted by atomic mass is 32.2. The first-order valence-electron chi connectivity index (χ1n) is 8.25. The molecule has 3 rings (SSSR count). The summed E-state index contributed by atoms with van der Waals surface area (Å²) in [6.45, 7) is 1.94. The van der Waals surface area contributed by atoms with E-state index < -0.39 is 21.0 Å². The molecule has 27 heavy (non-hydrogen) atoms. The standard InChI is InChI=1S/C20H18N2O4S/c1-15-7-9-16(10-8-15)20(17-11-13-18(14-12-17)22(23)24)21-27(25,26)19-5-3-2-4-6-19/h2-14,20-21H,1H3. The summed E-state index contributed by atoms with van der Waals surface area (Å²) >= 11 is 0. The summed E-state index contributed by atoms with van der Waals surface area (Å²) in [6, 6.07) is 20.8. The van der Waals surface area contributed by atoms with Gasteiger partial charge in [0, 0.05) is 12.1 Å². The van der Waals surface area contributed by atoms with E-state index in [2.05, 4.69) is 4.72 Å². The zero-order valence-electron chi connectivity index (χ0n) is 14.6. The van der Waals surface area contributed by atoms with Gasteiger partial charge in [0.15, 0.2) is 0 Å². The van der Waals surface area contributed by atoms with Crippen molar-refractivity contribution in [2.45, 2.75) is 17.9 Å². The topological polar surface area (TPSA) is 89.3 Å². The van der Waals surface area contributed by atoms with Crippen molar-refractivity contribution < 1.29 is 13.3 Å². The lowest BCUT2D eigenvalue weighted by molar-refractivity contribution is -0.384. The Bertz CT molecular complexity index is 1030. The van der Waals surface area contributed by atoms with Gasteiger partial charge in [0.1, 0.15) is 0 Å². The molecule has 138 valence electrons. The van der Waals surface area contributed by atoms with Gasteiger partial charge < -0.3 is 0 Å². The molecule has 0 aliphatic heterocycles. The third kappa shape index (κ3) is 4.39. The van der Waals surface area contributed by atoms with Crippen molar-refractivity contribution in [1.82, 2.24) is 4.72 Å². The van der Waals surface area contributed by atoms with Crippen LogP contribution >= 0.6 is 0 Å². The van der Waals surface area contributed by atoms with Crippen molar-refractivity contribution in [3.8, 4) is 0 Å². The predicted octanol–water partition coefficient (Wildman–Crippen LogP) is 3.97. The molecule has 0 aliphatic carbocycles. The monoisotopic (exact) mass is 382 g/mol. The second-order valence-corrected chi connectivity index (χ2v) is 7.84. The molecule has 6 nitrogen and oxygen atoms in total. The van der Waals surface area contributed by atoms with Crippen LogP contribution in [0.25, 0.3) is 0 Å². The van der Waals surface area contributed by atoms with Gasteiger partial charge in [0.25, 0.3) is 5.69 Å². The van der Waals surface area contributed by atoms with Gasteiger partial charge >= 0.3 is 0 Å². The quantitative estimate of drug-likeness (QED) is 0.516. The van der Waals surface area contributed by atoms with Gasteiger partial charge in [-0.15, -0.1) is 0 Å². The number of hydrogen-bond acceptors (Lipinski definition) is 4. The van der Waals surface area contributed by atoms with Crippen molar-refractivity contribution in [3.05, 3.63) is 106 Å². The molecule has 0 saturated heterocycles. The van der Waals surface area contributed by atoms with Gasteiger partial charge in [-0.25, -0.2) is 8.42 Å². The number of non-ortho nitro benzene ring substituents is 1. The van der Waals surface area contributed by atoms with E-state index in [-0.39, 0.29) is 10.6 Å². The Labute approximate surface area is 157 Å². The molecule has 3 aromatic rings. The van der Waals surface area contributed by atoms with Crippen molar-refractivity contribution in [3.63, 3.8) is 0 Å². The summed E-state index contributed by atoms with van der Waals surface area (Å²) in [5.74, 6) is 0. The SMILES string of the molecule is Cc1ccc(C(NS(=O)(=O)c2ccccc2)c2ccc([N+](=O)[O-])cc2)cc1. The lowest BCUT2D eigenvalue weighted by atomic mass is 9.98. The lowest BCUT2D eigenvalue weighted by Gasteiger charge is -2.20. The fraction of sp³-hybridized carbons (Fsp3) is 0.100. The van der Waals surface area contributed by atoms with Gasteiger partial charge in [-0.1, -0.05) is 60.2 Å². The number of nitro benzene ring substituents is 1. The van der Waals surface area contributed by atoms with Crippen LogP contribution in [0, 0.1) is 17.0 Å². The fourth-order valence-electron chi connectivity index (χ4n) is 2.70. The van der Waals surface area contributed by atoms with E-state index in [9.17, 15) is 18.5 Å². The maximum absolute atomic E-state index is 12.8. The molecular weight excluding hydrogens is 364 g/mol. The molecule has 0 aromatic heterocycles. The molecule has 0 radical (unpaired) electrons. The average molecular weight is 382 g/mol. The average Bonchev–Trinajstić information content (AvgIpc) is 2.68. The number of rotatable bonds is 6. The van der Waals surface area contributed by atoms with Crippen LogP contribution in [-0.4, -0.2) is 13.3 Å². The fourth-order valence-corrected chi connectivity index (χ4v) is 3.93. The van der Waals surface area contributed by atoms with E-state index in [0.717, 1.165) is 11.1 Å². The summed E-state index contributed by atoms with van der Waals surface area (Å²) in [4.78, 5) is 10.6. The maximum Gasteiger partial charge on any atom is 0.269 e. The van der Waals surface area contributed by atoms with Crippen molar-refractivity contribution in [1.29, 1.82) is 0 Å². The first kappa shape index (κ1) is 18.8. The molecule has 1 atom stereocenters. The zero-order chi connectivity index (χ0) is 19.4. The molecule has 0 bridgehead atoms. The van der Waals surface area contributed by atoms with Crippen molar-refractivity contribution >= 4 is 15.7 Å². The van der Waals surface area contributed by atoms with Crippen LogP contribution in [-0.2, 0) is 10.0 Å². The number of aryl methyl sites for hydroxylation is 1. The number of nitrogens with one attached hydrogen (secondary N) is 1. The summed E-state index contributed by atoms with van der Waals surface area (Å²) in [6.07, 6.45) is 0. The molecule has 1 unspecified atom stereocenters. The van der Waals surface area contributed by atoms with Crippen LogP contribution in [0.3, 0.4) is 0 Å². The first-order chi connectivity index (χ1) is 12.9. The normalized spacial score (nSPS) is 12.5. The minimum atomic E-state index is -3.78. The number of sulfonamides is 1. The highest BCUT2D eigenvalue weighted by molar-refractivity contribution is 7.89. The van der Waals surface area contributed by atoms with Crippen LogP contribution in [0.1, 0.15) is 22.7 Å². The third-order valence-corrected chi connectivity index (χ3v) is 5.61. The Hall–Kier alpha value is -3.03. The van der Waals surface area contributed by atoms with Crippen LogP contribution in [0.2, 0.25) is 0 Å². The molecule has 7 heteroatoms. The van der Waals surface area contributed by atoms with Gasteiger partial charge in [0.05, 0.1) is 15.9 Å². The predicted molar refractivity (Wildman–Crippen MR) is 103 cm³/mol. The van der Waals surface area contributed by atoms with Gasteiger partial charge in [-0.2, -0.15) is 4.72 Å². The molecular formula is C20H18N2O4S. The first-order valence-corrected chi connectivity index (χ1v) is 9.73. The maximum atomic E-state index is 12.8. The third-order valence-electron chi connectivity index (χ3n) is 4.17. The molecule has 0 spiro atoms. The second-order valence-electron chi connectivity index (χ2n) is 6.13. The molecule has 0 heterocycles. The number of nitrogens with zero attached hydrogens (tertiary/aromatic N) is 1. The van der Waals surface area contributed by atoms with Crippen molar-refractivity contribution in [2.24, 2.45) is 0 Å². The number of hydrogen-bond donors (Lipinski definition) is 1. The second kappa shape index (κ2) is 7.69. The summed E-state index contributed by atoms with van der Waals surface area (Å²) in [5.41, 5.74) is 2.36. The Balaban J connectivity index is 2.02. The van der Waals surface area contributed by atoms with E-state index in [1.807, 2.05) is 31.2 Å². The van der Waals surface area contributed by atoms with E-state index in [1.165, 1.54) is 24.3 Å². The Kier molecular flexibility index (Phi) is 5.34. The van der Waals surface area contributed by atoms with Crippen molar-refractivity contribution in [2.75, 3.05) is 0 Å². The Morgan fingerprint density at radius 3 is 1.89 bits per heavy atom. The minimum absolute atomic E-state index is 0.0488. The lowest BCUT2D eigenvalue weighted by Crippen LogP contribution is -2.29. The summed E-state index contributed by atoms with van der Waals surface area (Å²) in [5, 5.41) is 10.9. The highest BCUT2D eigenvalue weighted by Gasteiger charge is 2.23. The Morgan fingerprint density at radius 1 is 0.852 bits per heavy atom. The van der Waals surface area contributed by atoms with E-state index in [1.54, 1.807) is 30.3 Å². The smallest absolute Gasteiger partial charge is 0.258 e. The van der Waals surface area contributed by atoms with Crippen LogP contribution < -0.4 is 4.72 Å². The summed E-state index contributed by atoms with van der Waals surface area (Å²) < 4.78 is 28.3. The Morgan fingerprint density at radius 2 is 1.37 bits per heavy atom. The van der Waals surface area contributed by atoms with Gasteiger partial charge in [-0.3, -0.25) is 10.1 Å². The van der Waals surface area contributed by atoms with E-state index >= 15 is 0 Å². The van der Waals surface area contributed by atoms with E-state index in [4.69, 9.17) is 0 Å². The molecule has 3 aromatic carbocycles. The van der Waals surface area contributed by atoms with Gasteiger partial charge in [0.2, 0.25) is 10.0 Å². The molecule has 0 saturated carbocycles. The minimum Gasteiger partial charge on any atom is -0.258 e. The van der Waals surface area contributed by atoms with Gasteiger partial charge in [-0.05, 0) is 30.2 Å². The summed E-state index contributed by atoms with van der Waals surface area (Å²) in [7, 11) is -3.78. The molecule has 0 aliphatic rings.